The van der Waals surface area contributed by atoms with Crippen LogP contribution in [0.5, 0.6) is 0 Å². The van der Waals surface area contributed by atoms with Gasteiger partial charge in [-0.1, -0.05) is 11.6 Å². The second-order valence-electron chi connectivity index (χ2n) is 8.42. The molecule has 33 heavy (non-hydrogen) atoms. The van der Waals surface area contributed by atoms with Crippen molar-refractivity contribution >= 4 is 33.8 Å². The summed E-state index contributed by atoms with van der Waals surface area (Å²) in [4.78, 5) is 28.5. The lowest BCUT2D eigenvalue weighted by atomic mass is 10.2. The fraction of sp³-hybridized carbons (Fsp3) is 0.619. The molecule has 182 valence electrons. The van der Waals surface area contributed by atoms with E-state index >= 15 is 0 Å². The molecule has 10 nitrogen and oxygen atoms in total. The van der Waals surface area contributed by atoms with E-state index in [1.165, 1.54) is 15.7 Å². The Hall–Kier alpha value is -1.92. The lowest BCUT2D eigenvalue weighted by Gasteiger charge is -2.42. The van der Waals surface area contributed by atoms with Gasteiger partial charge in [-0.2, -0.15) is 17.0 Å². The number of fused-ring (bicyclic) bond motifs is 2. The summed E-state index contributed by atoms with van der Waals surface area (Å²) in [5, 5.41) is 0.555. The van der Waals surface area contributed by atoms with Crippen molar-refractivity contribution in [2.45, 2.75) is 24.9 Å². The van der Waals surface area contributed by atoms with E-state index in [1.807, 2.05) is 0 Å². The summed E-state index contributed by atoms with van der Waals surface area (Å²) in [6, 6.07) is 6.28. The Morgan fingerprint density at radius 2 is 1.58 bits per heavy atom. The van der Waals surface area contributed by atoms with Crippen molar-refractivity contribution in [1.29, 1.82) is 0 Å². The number of rotatable bonds is 6. The van der Waals surface area contributed by atoms with Crippen molar-refractivity contribution in [3.05, 3.63) is 34.9 Å². The zero-order valence-electron chi connectivity index (χ0n) is 18.6. The van der Waals surface area contributed by atoms with Crippen LogP contribution in [0.2, 0.25) is 5.02 Å². The molecule has 1 aromatic rings. The number of ether oxygens (including phenoxy) is 2. The van der Waals surface area contributed by atoms with E-state index < -0.39 is 16.3 Å². The van der Waals surface area contributed by atoms with E-state index in [0.717, 1.165) is 12.8 Å². The van der Waals surface area contributed by atoms with Crippen LogP contribution < -0.4 is 0 Å². The van der Waals surface area contributed by atoms with Gasteiger partial charge in [-0.15, -0.1) is 0 Å². The summed E-state index contributed by atoms with van der Waals surface area (Å²) in [6.45, 7) is 2.10. The van der Waals surface area contributed by atoms with Gasteiger partial charge in [0.2, 0.25) is 0 Å². The van der Waals surface area contributed by atoms with Gasteiger partial charge in [-0.3, -0.25) is 9.69 Å². The zero-order chi connectivity index (χ0) is 23.6. The highest BCUT2D eigenvalue weighted by molar-refractivity contribution is 7.86. The molecule has 4 rings (SSSR count). The van der Waals surface area contributed by atoms with Crippen LogP contribution in [0.25, 0.3) is 0 Å². The number of benzene rings is 1. The second-order valence-corrected chi connectivity index (χ2v) is 10.8. The first kappa shape index (κ1) is 24.2. The van der Waals surface area contributed by atoms with Crippen LogP contribution in [0.15, 0.2) is 24.3 Å². The number of piperazine rings is 2. The summed E-state index contributed by atoms with van der Waals surface area (Å²) in [5.74, 6) is -0.137. The summed E-state index contributed by atoms with van der Waals surface area (Å²) in [7, 11) is -2.15. The van der Waals surface area contributed by atoms with Gasteiger partial charge in [-0.25, -0.2) is 4.79 Å². The molecular formula is C21H29ClN4O6S. The Labute approximate surface area is 199 Å². The Morgan fingerprint density at radius 1 is 0.970 bits per heavy atom. The number of carbonyl (C=O) groups excluding carboxylic acids is 2. The van der Waals surface area contributed by atoms with Crippen molar-refractivity contribution in [2.24, 2.45) is 0 Å². The van der Waals surface area contributed by atoms with E-state index in [-0.39, 0.29) is 50.8 Å². The molecule has 12 heteroatoms. The van der Waals surface area contributed by atoms with Crippen LogP contribution in [0.1, 0.15) is 23.2 Å². The Morgan fingerprint density at radius 3 is 2.15 bits per heavy atom. The van der Waals surface area contributed by atoms with Gasteiger partial charge in [0.1, 0.15) is 6.61 Å². The average Bonchev–Trinajstić information content (AvgIpc) is 3.08. The maximum Gasteiger partial charge on any atom is 0.410 e. The molecule has 2 amide bonds. The molecule has 0 radical (unpaired) electrons. The van der Waals surface area contributed by atoms with E-state index in [0.29, 0.717) is 30.3 Å². The smallest absolute Gasteiger partial charge is 0.410 e. The average molecular weight is 501 g/mol. The van der Waals surface area contributed by atoms with Gasteiger partial charge in [0.15, 0.2) is 0 Å². The molecule has 1 aromatic carbocycles. The fourth-order valence-electron chi connectivity index (χ4n) is 4.70. The van der Waals surface area contributed by atoms with Crippen molar-refractivity contribution in [3.8, 4) is 0 Å². The first-order chi connectivity index (χ1) is 15.8. The molecule has 0 saturated carbocycles. The maximum atomic E-state index is 13.3. The van der Waals surface area contributed by atoms with Crippen molar-refractivity contribution in [3.63, 3.8) is 0 Å². The Bertz CT molecular complexity index is 953. The molecule has 3 aliphatic heterocycles. The van der Waals surface area contributed by atoms with E-state index in [4.69, 9.17) is 21.1 Å². The minimum atomic E-state index is -3.69. The third-order valence-corrected chi connectivity index (χ3v) is 8.66. The summed E-state index contributed by atoms with van der Waals surface area (Å²) < 4.78 is 39.7. The second kappa shape index (κ2) is 10.1. The molecule has 3 heterocycles. The Balaban J connectivity index is 1.34. The normalized spacial score (nSPS) is 24.2. The number of hydrogen-bond donors (Lipinski definition) is 0. The van der Waals surface area contributed by atoms with Gasteiger partial charge >= 0.3 is 6.09 Å². The quantitative estimate of drug-likeness (QED) is 0.545. The molecule has 3 fully saturated rings. The lowest BCUT2D eigenvalue weighted by molar-refractivity contribution is 0.0424. The molecular weight excluding hydrogens is 472 g/mol. The van der Waals surface area contributed by atoms with Crippen LogP contribution >= 0.6 is 11.6 Å². The highest BCUT2D eigenvalue weighted by Crippen LogP contribution is 2.33. The number of methoxy groups -OCH3 is 1. The van der Waals surface area contributed by atoms with Crippen LogP contribution in [-0.4, -0.2) is 111 Å². The van der Waals surface area contributed by atoms with Gasteiger partial charge in [0, 0.05) is 69.0 Å². The standard InChI is InChI=1S/C21H29ClN4O6S/c1-31-12-13-32-21(28)26-18-6-7-19(26)15-25(14-18)33(29,30)24-10-8-23(9-11-24)20(27)16-2-4-17(22)5-3-16/h2-5,18-19H,6-15H2,1H3/t18-,19+. The van der Waals surface area contributed by atoms with Crippen molar-refractivity contribution in [2.75, 3.05) is 59.6 Å². The number of halogens is 1. The van der Waals surface area contributed by atoms with Crippen LogP contribution in [-0.2, 0) is 19.7 Å². The van der Waals surface area contributed by atoms with Crippen LogP contribution in [0.4, 0.5) is 4.79 Å². The SMILES string of the molecule is COCCOC(=O)N1[C@@H]2CC[C@H]1CN(S(=O)(=O)N1CCN(C(=O)c3ccc(Cl)cc3)CC1)C2. The molecule has 0 spiro atoms. The highest BCUT2D eigenvalue weighted by Gasteiger charge is 2.47. The predicted molar refractivity (Wildman–Crippen MR) is 121 cm³/mol. The topological polar surface area (TPSA) is 99.7 Å². The highest BCUT2D eigenvalue weighted by atomic mass is 35.5. The molecule has 0 unspecified atom stereocenters. The monoisotopic (exact) mass is 500 g/mol. The lowest BCUT2D eigenvalue weighted by Crippen LogP contribution is -2.61. The molecule has 0 aromatic heterocycles. The fourth-order valence-corrected chi connectivity index (χ4v) is 6.50. The number of amides is 2. The largest absolute Gasteiger partial charge is 0.447 e. The molecule has 0 aliphatic carbocycles. The predicted octanol–water partition coefficient (Wildman–Crippen LogP) is 1.27. The number of carbonyl (C=O) groups is 2. The summed E-state index contributed by atoms with van der Waals surface area (Å²) >= 11 is 5.89. The number of hydrogen-bond acceptors (Lipinski definition) is 6. The third kappa shape index (κ3) is 5.12. The zero-order valence-corrected chi connectivity index (χ0v) is 20.1. The van der Waals surface area contributed by atoms with E-state index in [9.17, 15) is 18.0 Å². The number of nitrogens with zero attached hydrogens (tertiary/aromatic N) is 4. The van der Waals surface area contributed by atoms with Gasteiger partial charge in [0.25, 0.3) is 16.1 Å². The van der Waals surface area contributed by atoms with E-state index in [2.05, 4.69) is 0 Å². The van der Waals surface area contributed by atoms with Gasteiger partial charge < -0.3 is 14.4 Å². The molecule has 3 saturated heterocycles. The van der Waals surface area contributed by atoms with Crippen molar-refractivity contribution in [1.82, 2.24) is 18.4 Å². The molecule has 2 bridgehead atoms. The summed E-state index contributed by atoms with van der Waals surface area (Å²) in [5.41, 5.74) is 0.529. The first-order valence-electron chi connectivity index (χ1n) is 11.1. The van der Waals surface area contributed by atoms with Gasteiger partial charge in [0.05, 0.1) is 6.61 Å². The van der Waals surface area contributed by atoms with Gasteiger partial charge in [-0.05, 0) is 37.1 Å². The minimum absolute atomic E-state index is 0.137. The van der Waals surface area contributed by atoms with Crippen LogP contribution in [0.3, 0.4) is 0 Å². The molecule has 0 N–H and O–H groups in total. The first-order valence-corrected chi connectivity index (χ1v) is 12.8. The van der Waals surface area contributed by atoms with Crippen LogP contribution in [0, 0.1) is 0 Å². The van der Waals surface area contributed by atoms with E-state index in [1.54, 1.807) is 34.1 Å². The minimum Gasteiger partial charge on any atom is -0.447 e. The molecule has 2 atom stereocenters. The molecule has 3 aliphatic rings. The summed E-state index contributed by atoms with van der Waals surface area (Å²) in [6.07, 6.45) is 1.09. The Kier molecular flexibility index (Phi) is 7.44. The third-order valence-electron chi connectivity index (χ3n) is 6.44. The van der Waals surface area contributed by atoms with Crippen molar-refractivity contribution < 1.29 is 27.5 Å². The maximum absolute atomic E-state index is 13.3.